The van der Waals surface area contributed by atoms with Gasteiger partial charge in [0.2, 0.25) is 0 Å². The summed E-state index contributed by atoms with van der Waals surface area (Å²) in [7, 11) is 1.22. The summed E-state index contributed by atoms with van der Waals surface area (Å²) in [5.74, 6) is 0.869. The number of hydrogen-bond acceptors (Lipinski definition) is 11. The van der Waals surface area contributed by atoms with E-state index in [1.54, 1.807) is 51.5 Å². The fourth-order valence-corrected chi connectivity index (χ4v) is 9.27. The van der Waals surface area contributed by atoms with Gasteiger partial charge in [0.1, 0.15) is 35.1 Å². The minimum atomic E-state index is -1.97. The van der Waals surface area contributed by atoms with Crippen LogP contribution in [0.5, 0.6) is 11.5 Å². The molecule has 1 aliphatic heterocycles. The second kappa shape index (κ2) is 21.0. The predicted molar refractivity (Wildman–Crippen MR) is 235 cm³/mol. The molecule has 0 bridgehead atoms. The number of nitriles is 1. The second-order valence-electron chi connectivity index (χ2n) is 15.2. The fourth-order valence-electron chi connectivity index (χ4n) is 7.50. The van der Waals surface area contributed by atoms with Gasteiger partial charge in [-0.25, -0.2) is 13.9 Å². The first-order valence-electron chi connectivity index (χ1n) is 20.4. The number of carbonyl (C=O) groups excluding carboxylic acids is 1. The van der Waals surface area contributed by atoms with E-state index in [-0.39, 0.29) is 37.5 Å². The predicted octanol–water partition coefficient (Wildman–Crippen LogP) is 8.73. The Kier molecular flexibility index (Phi) is 15.6. The van der Waals surface area contributed by atoms with Crippen molar-refractivity contribution in [2.75, 3.05) is 32.8 Å². The quantitative estimate of drug-likeness (QED) is 0.0483. The van der Waals surface area contributed by atoms with E-state index in [0.717, 1.165) is 21.3 Å². The number of amides is 1. The molecule has 1 aromatic heterocycles. The smallest absolute Gasteiger partial charge is 0.351 e. The van der Waals surface area contributed by atoms with Crippen LogP contribution in [0.4, 0.5) is 10.2 Å². The van der Waals surface area contributed by atoms with Gasteiger partial charge in [-0.05, 0) is 87.7 Å². The van der Waals surface area contributed by atoms with Crippen LogP contribution in [0.15, 0.2) is 120 Å². The Hall–Kier alpha value is -5.52. The lowest BCUT2D eigenvalue weighted by atomic mass is 9.80. The number of halogens is 1. The maximum atomic E-state index is 17.5. The second-order valence-corrected chi connectivity index (χ2v) is 16.6. The largest absolute Gasteiger partial charge is 0.497 e. The van der Waals surface area contributed by atoms with Gasteiger partial charge in [0.15, 0.2) is 12.4 Å². The molecule has 326 valence electrons. The van der Waals surface area contributed by atoms with E-state index >= 15 is 4.39 Å². The highest BCUT2D eigenvalue weighted by molar-refractivity contribution is 7.44. The number of rotatable bonds is 19. The Balaban J connectivity index is 1.43. The normalized spacial score (nSPS) is 18.2. The molecule has 1 amide bonds. The Bertz CT molecular complexity index is 2270. The molecule has 0 saturated carbocycles. The number of nitrogens with one attached hydrogen (secondary N) is 1. The van der Waals surface area contributed by atoms with Crippen molar-refractivity contribution in [3.05, 3.63) is 154 Å². The third-order valence-corrected chi connectivity index (χ3v) is 12.6. The minimum absolute atomic E-state index is 0.0340. The van der Waals surface area contributed by atoms with Crippen molar-refractivity contribution in [1.82, 2.24) is 14.2 Å². The molecule has 5 atom stereocenters. The number of hydrogen-bond donors (Lipinski definition) is 1. The summed E-state index contributed by atoms with van der Waals surface area (Å²) in [6, 6.07) is 35.1. The number of alkyl halides is 1. The van der Waals surface area contributed by atoms with E-state index < -0.39 is 50.3 Å². The first-order valence-corrected chi connectivity index (χ1v) is 21.5. The molecule has 1 N–H and O–H groups in total. The maximum absolute atomic E-state index is 17.5. The third kappa shape index (κ3) is 10.2. The molecule has 0 radical (unpaired) electrons. The average Bonchev–Trinajstić information content (AvgIpc) is 3.59. The van der Waals surface area contributed by atoms with Crippen molar-refractivity contribution in [3.63, 3.8) is 0 Å². The lowest BCUT2D eigenvalue weighted by molar-refractivity contribution is -0.0934. The molecule has 5 aromatic rings. The molecule has 1 fully saturated rings. The summed E-state index contributed by atoms with van der Waals surface area (Å²) in [4.78, 5) is 31.0. The molecule has 62 heavy (non-hydrogen) atoms. The lowest BCUT2D eigenvalue weighted by Gasteiger charge is -2.39. The van der Waals surface area contributed by atoms with Gasteiger partial charge in [-0.2, -0.15) is 10.2 Å². The molecule has 2 unspecified atom stereocenters. The van der Waals surface area contributed by atoms with Crippen LogP contribution in [0.1, 0.15) is 73.0 Å². The van der Waals surface area contributed by atoms with Crippen LogP contribution in [0.25, 0.3) is 0 Å². The molecular formula is C47H53FN5O8P. The van der Waals surface area contributed by atoms with Gasteiger partial charge in [0.05, 0.1) is 39.9 Å². The molecule has 6 rings (SSSR count). The molecule has 0 spiro atoms. The first kappa shape index (κ1) is 46.0. The number of methoxy groups -OCH3 is 2. The molecule has 1 aliphatic rings. The summed E-state index contributed by atoms with van der Waals surface area (Å²) < 4.78 is 58.3. The highest BCUT2D eigenvalue weighted by atomic mass is 31.2. The number of aryl methyl sites for hydroxylation is 1. The fraction of sp³-hybridized carbons (Fsp3) is 0.362. The molecule has 4 aromatic carbocycles. The molecule has 1 saturated heterocycles. The Morgan fingerprint density at radius 2 is 1.45 bits per heavy atom. The standard InChI is InChI=1S/C47H53FN5O8P/c1-31(2)53(32(3)4)62(59-28-14-27-49)61-42-40(60-45(41(42)48)52-29-33(5)43(51-46(52)55)50-44(54)34-15-10-8-11-16-34)30-58-47(35-17-12-9-13-18-35,36-19-23-38(56-6)24-20-36)37-21-25-39(57-7)26-22-37/h8-13,15-26,29,31-32,40-42,45H,14,28,30H2,1-7H3,(H,50,51,54,55)/t40-,41?,42+,45-,62?/m1/s1. The number of nitrogens with zero attached hydrogens (tertiary/aromatic N) is 4. The zero-order valence-corrected chi connectivity index (χ0v) is 36.8. The van der Waals surface area contributed by atoms with Crippen LogP contribution >= 0.6 is 8.53 Å². The van der Waals surface area contributed by atoms with Crippen LogP contribution < -0.4 is 20.5 Å². The van der Waals surface area contributed by atoms with Gasteiger partial charge in [-0.15, -0.1) is 0 Å². The summed E-state index contributed by atoms with van der Waals surface area (Å²) >= 11 is 0. The van der Waals surface area contributed by atoms with Crippen molar-refractivity contribution in [2.45, 2.75) is 83.3 Å². The van der Waals surface area contributed by atoms with Crippen LogP contribution in [-0.2, 0) is 24.1 Å². The number of aromatic nitrogens is 2. The Morgan fingerprint density at radius 3 is 1.98 bits per heavy atom. The summed E-state index contributed by atoms with van der Waals surface area (Å²) in [6.07, 6.45) is -4.40. The van der Waals surface area contributed by atoms with E-state index in [1.807, 2.05) is 111 Å². The summed E-state index contributed by atoms with van der Waals surface area (Å²) in [5, 5.41) is 12.1. The Labute approximate surface area is 363 Å². The summed E-state index contributed by atoms with van der Waals surface area (Å²) in [5.41, 5.74) is 0.908. The van der Waals surface area contributed by atoms with E-state index in [2.05, 4.69) is 16.4 Å². The van der Waals surface area contributed by atoms with Crippen LogP contribution in [0.2, 0.25) is 0 Å². The highest BCUT2D eigenvalue weighted by Gasteiger charge is 2.51. The molecular weight excluding hydrogens is 813 g/mol. The average molecular weight is 866 g/mol. The van der Waals surface area contributed by atoms with Crippen molar-refractivity contribution in [3.8, 4) is 17.6 Å². The lowest BCUT2D eigenvalue weighted by Crippen LogP contribution is -2.41. The number of carbonyl (C=O) groups is 1. The molecule has 2 heterocycles. The summed E-state index contributed by atoms with van der Waals surface area (Å²) in [6.45, 7) is 9.42. The third-order valence-electron chi connectivity index (χ3n) is 10.5. The highest BCUT2D eigenvalue weighted by Crippen LogP contribution is 2.51. The maximum Gasteiger partial charge on any atom is 0.351 e. The van der Waals surface area contributed by atoms with Gasteiger partial charge in [-0.1, -0.05) is 72.8 Å². The van der Waals surface area contributed by atoms with Gasteiger partial charge in [-0.3, -0.25) is 9.36 Å². The van der Waals surface area contributed by atoms with Crippen molar-refractivity contribution in [2.24, 2.45) is 0 Å². The molecule has 13 nitrogen and oxygen atoms in total. The van der Waals surface area contributed by atoms with E-state index in [9.17, 15) is 14.9 Å². The minimum Gasteiger partial charge on any atom is -0.497 e. The van der Waals surface area contributed by atoms with Crippen molar-refractivity contribution < 1.29 is 37.2 Å². The number of ether oxygens (including phenoxy) is 4. The van der Waals surface area contributed by atoms with E-state index in [4.69, 9.17) is 28.0 Å². The number of benzene rings is 4. The monoisotopic (exact) mass is 865 g/mol. The zero-order chi connectivity index (χ0) is 44.4. The van der Waals surface area contributed by atoms with Gasteiger partial charge < -0.3 is 33.3 Å². The van der Waals surface area contributed by atoms with Crippen LogP contribution in [-0.4, -0.2) is 78.0 Å². The SMILES string of the molecule is COc1ccc(C(OC[C@H]2O[C@@H](n3cc(C)c(NC(=O)c4ccccc4)nc3=O)C(F)[C@H]2OP(OCCC#N)N(C(C)C)C(C)C)(c2ccccc2)c2ccc(OC)cc2)cc1. The first-order chi connectivity index (χ1) is 29.9. The van der Waals surface area contributed by atoms with Crippen LogP contribution in [0.3, 0.4) is 0 Å². The van der Waals surface area contributed by atoms with E-state index in [1.165, 1.54) is 6.20 Å². The molecule has 0 aliphatic carbocycles. The topological polar surface area (TPSA) is 146 Å². The van der Waals surface area contributed by atoms with Gasteiger partial charge >= 0.3 is 5.69 Å². The van der Waals surface area contributed by atoms with Crippen LogP contribution in [0, 0.1) is 18.3 Å². The van der Waals surface area contributed by atoms with E-state index in [0.29, 0.717) is 22.6 Å². The van der Waals surface area contributed by atoms with Gasteiger partial charge in [0, 0.05) is 29.4 Å². The van der Waals surface area contributed by atoms with Crippen molar-refractivity contribution >= 4 is 20.3 Å². The molecule has 15 heteroatoms. The zero-order valence-electron chi connectivity index (χ0n) is 35.9. The van der Waals surface area contributed by atoms with Crippen molar-refractivity contribution in [1.29, 1.82) is 5.26 Å². The van der Waals surface area contributed by atoms with Gasteiger partial charge in [0.25, 0.3) is 14.4 Å². The number of anilines is 1. The Morgan fingerprint density at radius 1 is 0.903 bits per heavy atom.